The Hall–Kier alpha value is -2.92. The smallest absolute Gasteiger partial charge is 0.124 e. The molecule has 5 heteroatoms. The highest BCUT2D eigenvalue weighted by atomic mass is 19.1. The normalized spacial score (nSPS) is 12.6. The maximum atomic E-state index is 13.0. The molecule has 4 aromatic rings. The van der Waals surface area contributed by atoms with E-state index in [4.69, 9.17) is 5.73 Å². The molecule has 0 saturated heterocycles. The van der Waals surface area contributed by atoms with Gasteiger partial charge < -0.3 is 15.7 Å². The molecule has 0 bridgehead atoms. The van der Waals surface area contributed by atoms with E-state index in [0.29, 0.717) is 6.42 Å². The molecule has 0 aliphatic heterocycles. The van der Waals surface area contributed by atoms with Crippen LogP contribution in [0.1, 0.15) is 17.4 Å². The average Bonchev–Trinajstić information content (AvgIpc) is 3.23. The van der Waals surface area contributed by atoms with E-state index in [1.54, 1.807) is 18.3 Å². The predicted molar refractivity (Wildman–Crippen MR) is 92.9 cm³/mol. The number of aromatic nitrogens is 3. The Morgan fingerprint density at radius 1 is 1.00 bits per heavy atom. The molecule has 0 saturated carbocycles. The third-order valence-corrected chi connectivity index (χ3v) is 4.20. The molecule has 24 heavy (non-hydrogen) atoms. The van der Waals surface area contributed by atoms with Gasteiger partial charge in [-0.2, -0.15) is 0 Å². The quantitative estimate of drug-likeness (QED) is 0.533. The fraction of sp³-hybridized carbons (Fsp3) is 0.105. The summed E-state index contributed by atoms with van der Waals surface area (Å²) in [5.41, 5.74) is 10.2. The lowest BCUT2D eigenvalue weighted by Crippen LogP contribution is -2.14. The van der Waals surface area contributed by atoms with Crippen molar-refractivity contribution in [3.05, 3.63) is 78.1 Å². The van der Waals surface area contributed by atoms with E-state index in [2.05, 4.69) is 21.0 Å². The summed E-state index contributed by atoms with van der Waals surface area (Å²) < 4.78 is 13.0. The summed E-state index contributed by atoms with van der Waals surface area (Å²) in [7, 11) is 0. The maximum absolute atomic E-state index is 13.0. The Morgan fingerprint density at radius 3 is 2.62 bits per heavy atom. The summed E-state index contributed by atoms with van der Waals surface area (Å²) in [5.74, 6) is 0.463. The summed E-state index contributed by atoms with van der Waals surface area (Å²) in [6.07, 6.45) is 4.48. The van der Waals surface area contributed by atoms with Gasteiger partial charge in [0.15, 0.2) is 0 Å². The molecule has 4 nitrogen and oxygen atoms in total. The van der Waals surface area contributed by atoms with Crippen molar-refractivity contribution in [3.63, 3.8) is 0 Å². The summed E-state index contributed by atoms with van der Waals surface area (Å²) in [5, 5.41) is 1.18. The van der Waals surface area contributed by atoms with Crippen LogP contribution in [0, 0.1) is 5.82 Å². The van der Waals surface area contributed by atoms with E-state index in [0.717, 1.165) is 28.2 Å². The summed E-state index contributed by atoms with van der Waals surface area (Å²) in [4.78, 5) is 11.0. The zero-order valence-electron chi connectivity index (χ0n) is 13.0. The summed E-state index contributed by atoms with van der Waals surface area (Å²) >= 11 is 0. The van der Waals surface area contributed by atoms with E-state index in [9.17, 15) is 4.39 Å². The van der Waals surface area contributed by atoms with E-state index >= 15 is 0 Å². The molecule has 0 fully saturated rings. The lowest BCUT2D eigenvalue weighted by Gasteiger charge is -2.07. The van der Waals surface area contributed by atoms with Crippen LogP contribution in [0.5, 0.6) is 0 Å². The Morgan fingerprint density at radius 2 is 1.79 bits per heavy atom. The molecule has 2 aromatic carbocycles. The van der Waals surface area contributed by atoms with Crippen LogP contribution >= 0.6 is 0 Å². The Kier molecular flexibility index (Phi) is 3.63. The molecular weight excluding hydrogens is 303 g/mol. The van der Waals surface area contributed by atoms with Crippen molar-refractivity contribution in [2.45, 2.75) is 12.5 Å². The minimum Gasteiger partial charge on any atom is -0.361 e. The molecule has 4 N–H and O–H groups in total. The van der Waals surface area contributed by atoms with Gasteiger partial charge in [0.25, 0.3) is 0 Å². The van der Waals surface area contributed by atoms with E-state index in [1.165, 1.54) is 17.5 Å². The first kappa shape index (κ1) is 14.7. The van der Waals surface area contributed by atoms with Crippen LogP contribution in [-0.4, -0.2) is 15.0 Å². The van der Waals surface area contributed by atoms with Crippen LogP contribution in [0.15, 0.2) is 60.9 Å². The first-order valence-electron chi connectivity index (χ1n) is 7.82. The van der Waals surface area contributed by atoms with Gasteiger partial charge in [-0.1, -0.05) is 18.2 Å². The minimum atomic E-state index is -0.259. The van der Waals surface area contributed by atoms with Gasteiger partial charge >= 0.3 is 0 Å². The van der Waals surface area contributed by atoms with Gasteiger partial charge in [0.1, 0.15) is 11.6 Å². The zero-order valence-corrected chi connectivity index (χ0v) is 13.0. The monoisotopic (exact) mass is 320 g/mol. The molecule has 0 aliphatic carbocycles. The van der Waals surface area contributed by atoms with Crippen LogP contribution in [0.25, 0.3) is 22.2 Å². The fourth-order valence-corrected chi connectivity index (χ4v) is 2.93. The van der Waals surface area contributed by atoms with Crippen LogP contribution in [0.4, 0.5) is 4.39 Å². The van der Waals surface area contributed by atoms with E-state index < -0.39 is 0 Å². The molecule has 0 spiro atoms. The number of aromatic amines is 2. The molecule has 0 radical (unpaired) electrons. The van der Waals surface area contributed by atoms with Gasteiger partial charge in [-0.15, -0.1) is 0 Å². The number of nitrogens with one attached hydrogen (secondary N) is 2. The first-order valence-corrected chi connectivity index (χ1v) is 7.82. The number of nitrogens with two attached hydrogens (primary N) is 1. The number of benzene rings is 2. The van der Waals surface area contributed by atoms with Gasteiger partial charge in [-0.05, 0) is 42.3 Å². The maximum Gasteiger partial charge on any atom is 0.124 e. The predicted octanol–water partition coefficient (Wildman–Crippen LogP) is 3.94. The topological polar surface area (TPSA) is 70.5 Å². The number of rotatable bonds is 4. The van der Waals surface area contributed by atoms with Crippen LogP contribution in [0.3, 0.4) is 0 Å². The lowest BCUT2D eigenvalue weighted by molar-refractivity contribution is 0.628. The number of halogens is 1. The van der Waals surface area contributed by atoms with E-state index in [1.807, 2.05) is 24.4 Å². The number of hydrogen-bond acceptors (Lipinski definition) is 2. The van der Waals surface area contributed by atoms with Gasteiger partial charge in [-0.3, -0.25) is 0 Å². The summed E-state index contributed by atoms with van der Waals surface area (Å²) in [6, 6.07) is 14.2. The Balaban J connectivity index is 1.57. The molecule has 0 aliphatic rings. The minimum absolute atomic E-state index is 0.238. The van der Waals surface area contributed by atoms with Crippen molar-refractivity contribution in [1.29, 1.82) is 0 Å². The molecular formula is C19H17FN4. The average molecular weight is 320 g/mol. The first-order chi connectivity index (χ1) is 11.7. The second-order valence-corrected chi connectivity index (χ2v) is 5.85. The molecule has 1 atom stereocenters. The second-order valence-electron chi connectivity index (χ2n) is 5.85. The highest BCUT2D eigenvalue weighted by Gasteiger charge is 2.14. The van der Waals surface area contributed by atoms with Crippen molar-refractivity contribution in [1.82, 2.24) is 15.0 Å². The summed E-state index contributed by atoms with van der Waals surface area (Å²) in [6.45, 7) is 0. The molecule has 2 heterocycles. The molecule has 4 rings (SSSR count). The largest absolute Gasteiger partial charge is 0.361 e. The lowest BCUT2D eigenvalue weighted by atomic mass is 10.1. The standard InChI is InChI=1S/C19H17FN4/c20-14-7-5-12(6-8-14)18-11-23-19(24-18)16(21)9-13-10-22-17-4-2-1-3-15(13)17/h1-8,10-11,16,22H,9,21H2,(H,23,24)/t16-/m1/s1. The van der Waals surface area contributed by atoms with Crippen LogP contribution in [0.2, 0.25) is 0 Å². The van der Waals surface area contributed by atoms with Crippen molar-refractivity contribution in [2.24, 2.45) is 5.73 Å². The fourth-order valence-electron chi connectivity index (χ4n) is 2.93. The van der Waals surface area contributed by atoms with Crippen molar-refractivity contribution in [2.75, 3.05) is 0 Å². The molecule has 0 unspecified atom stereocenters. The zero-order chi connectivity index (χ0) is 16.5. The molecule has 2 aromatic heterocycles. The number of para-hydroxylation sites is 1. The number of hydrogen-bond donors (Lipinski definition) is 3. The SMILES string of the molecule is N[C@H](Cc1c[nH]c2ccccc12)c1nc(-c2ccc(F)cc2)c[nH]1. The van der Waals surface area contributed by atoms with Gasteiger partial charge in [-0.25, -0.2) is 9.37 Å². The van der Waals surface area contributed by atoms with Crippen molar-refractivity contribution in [3.8, 4) is 11.3 Å². The van der Waals surface area contributed by atoms with Gasteiger partial charge in [0.05, 0.1) is 11.7 Å². The van der Waals surface area contributed by atoms with Crippen LogP contribution in [-0.2, 0) is 6.42 Å². The highest BCUT2D eigenvalue weighted by molar-refractivity contribution is 5.83. The van der Waals surface area contributed by atoms with E-state index in [-0.39, 0.29) is 11.9 Å². The van der Waals surface area contributed by atoms with Crippen LogP contribution < -0.4 is 5.73 Å². The molecule has 0 amide bonds. The third kappa shape index (κ3) is 2.70. The number of nitrogens with zero attached hydrogens (tertiary/aromatic N) is 1. The van der Waals surface area contributed by atoms with Crippen molar-refractivity contribution >= 4 is 10.9 Å². The highest BCUT2D eigenvalue weighted by Crippen LogP contribution is 2.24. The van der Waals surface area contributed by atoms with Gasteiger partial charge in [0.2, 0.25) is 0 Å². The third-order valence-electron chi connectivity index (χ3n) is 4.20. The Bertz CT molecular complexity index is 968. The molecule has 120 valence electrons. The second kappa shape index (κ2) is 5.94. The van der Waals surface area contributed by atoms with Crippen molar-refractivity contribution < 1.29 is 4.39 Å². The number of fused-ring (bicyclic) bond motifs is 1. The number of imidazole rings is 1. The van der Waals surface area contributed by atoms with Gasteiger partial charge in [0, 0.05) is 28.9 Å². The Labute approximate surface area is 138 Å². The number of H-pyrrole nitrogens is 2.